The normalized spacial score (nSPS) is 10.1. The fourth-order valence-electron chi connectivity index (χ4n) is 1.70. The topological polar surface area (TPSA) is 78.4 Å². The van der Waals surface area contributed by atoms with Crippen LogP contribution in [0.3, 0.4) is 0 Å². The number of hydrogen-bond donors (Lipinski definition) is 3. The highest BCUT2D eigenvalue weighted by atomic mass is 35.5. The third-order valence-corrected chi connectivity index (χ3v) is 3.32. The zero-order chi connectivity index (χ0) is 16.1. The summed E-state index contributed by atoms with van der Waals surface area (Å²) in [5.41, 5.74) is 0.790. The van der Waals surface area contributed by atoms with E-state index in [4.69, 9.17) is 23.2 Å². The minimum Gasteiger partial charge on any atom is -0.505 e. The van der Waals surface area contributed by atoms with Gasteiger partial charge in [0, 0.05) is 11.3 Å². The molecular weight excluding hydrogens is 327 g/mol. The summed E-state index contributed by atoms with van der Waals surface area (Å²) >= 11 is 11.5. The number of amides is 2. The first kappa shape index (κ1) is 16.1. The third kappa shape index (κ3) is 4.13. The van der Waals surface area contributed by atoms with Gasteiger partial charge in [-0.05, 0) is 24.3 Å². The first-order valence-electron chi connectivity index (χ1n) is 6.28. The predicted octanol–water partition coefficient (Wildman–Crippen LogP) is 3.07. The molecule has 0 unspecified atom stereocenters. The Labute approximate surface area is 136 Å². The number of nitrogens with one attached hydrogen (secondary N) is 2. The average Bonchev–Trinajstić information content (AvgIpc) is 2.51. The van der Waals surface area contributed by atoms with Gasteiger partial charge in [-0.25, -0.2) is 0 Å². The van der Waals surface area contributed by atoms with Crippen LogP contribution in [-0.4, -0.2) is 23.5 Å². The van der Waals surface area contributed by atoms with Crippen molar-refractivity contribution in [3.05, 3.63) is 58.1 Å². The van der Waals surface area contributed by atoms with Crippen molar-refractivity contribution in [3.63, 3.8) is 0 Å². The SMILES string of the molecule is O=C(CNC(=O)c1ccccc1)Nc1cc(Cl)c(O)c(Cl)c1. The number of anilines is 1. The molecule has 2 rings (SSSR count). The van der Waals surface area contributed by atoms with E-state index >= 15 is 0 Å². The Balaban J connectivity index is 1.92. The maximum atomic E-state index is 11.8. The molecule has 0 fully saturated rings. The minimum atomic E-state index is -0.442. The zero-order valence-electron chi connectivity index (χ0n) is 11.3. The molecule has 0 radical (unpaired) electrons. The molecule has 0 atom stereocenters. The molecule has 0 aromatic heterocycles. The maximum absolute atomic E-state index is 11.8. The summed E-state index contributed by atoms with van der Waals surface area (Å²) in [6.07, 6.45) is 0. The minimum absolute atomic E-state index is 0.0242. The van der Waals surface area contributed by atoms with Gasteiger partial charge in [-0.2, -0.15) is 0 Å². The van der Waals surface area contributed by atoms with E-state index in [-0.39, 0.29) is 28.2 Å². The van der Waals surface area contributed by atoms with E-state index in [1.54, 1.807) is 30.3 Å². The molecule has 7 heteroatoms. The Morgan fingerprint density at radius 3 is 2.23 bits per heavy atom. The summed E-state index contributed by atoms with van der Waals surface area (Å²) in [4.78, 5) is 23.6. The first-order chi connectivity index (χ1) is 10.5. The van der Waals surface area contributed by atoms with E-state index in [1.165, 1.54) is 12.1 Å². The van der Waals surface area contributed by atoms with Crippen LogP contribution in [0.5, 0.6) is 5.75 Å². The first-order valence-corrected chi connectivity index (χ1v) is 7.04. The lowest BCUT2D eigenvalue weighted by Gasteiger charge is -2.09. The predicted molar refractivity (Wildman–Crippen MR) is 85.5 cm³/mol. The van der Waals surface area contributed by atoms with Crippen LogP contribution in [0, 0.1) is 0 Å². The molecule has 2 aromatic rings. The highest BCUT2D eigenvalue weighted by Crippen LogP contribution is 2.34. The number of rotatable bonds is 4. The van der Waals surface area contributed by atoms with Crippen LogP contribution in [-0.2, 0) is 4.79 Å². The average molecular weight is 339 g/mol. The fourth-order valence-corrected chi connectivity index (χ4v) is 2.18. The van der Waals surface area contributed by atoms with E-state index in [0.717, 1.165) is 0 Å². The molecule has 0 aliphatic carbocycles. The van der Waals surface area contributed by atoms with Gasteiger partial charge in [0.1, 0.15) is 0 Å². The third-order valence-electron chi connectivity index (χ3n) is 2.75. The molecule has 2 amide bonds. The van der Waals surface area contributed by atoms with E-state index in [9.17, 15) is 14.7 Å². The van der Waals surface area contributed by atoms with Crippen molar-refractivity contribution in [3.8, 4) is 5.75 Å². The lowest BCUT2D eigenvalue weighted by Crippen LogP contribution is -2.32. The smallest absolute Gasteiger partial charge is 0.251 e. The molecule has 3 N–H and O–H groups in total. The second kappa shape index (κ2) is 7.15. The van der Waals surface area contributed by atoms with Crippen LogP contribution in [0.1, 0.15) is 10.4 Å². The molecule has 0 saturated carbocycles. The van der Waals surface area contributed by atoms with Crippen LogP contribution < -0.4 is 10.6 Å². The molecule has 2 aromatic carbocycles. The van der Waals surface area contributed by atoms with Gasteiger partial charge in [0.15, 0.2) is 5.75 Å². The molecule has 22 heavy (non-hydrogen) atoms. The highest BCUT2D eigenvalue weighted by molar-refractivity contribution is 6.37. The van der Waals surface area contributed by atoms with Crippen molar-refractivity contribution < 1.29 is 14.7 Å². The van der Waals surface area contributed by atoms with Gasteiger partial charge in [0.25, 0.3) is 5.91 Å². The van der Waals surface area contributed by atoms with Gasteiger partial charge in [-0.15, -0.1) is 0 Å². The number of aromatic hydroxyl groups is 1. The summed E-state index contributed by atoms with van der Waals surface area (Å²) in [5, 5.41) is 14.5. The van der Waals surface area contributed by atoms with Crippen LogP contribution in [0.2, 0.25) is 10.0 Å². The van der Waals surface area contributed by atoms with E-state index < -0.39 is 5.91 Å². The molecule has 0 spiro atoms. The Bertz CT molecular complexity index is 682. The molecule has 5 nitrogen and oxygen atoms in total. The van der Waals surface area contributed by atoms with Crippen molar-refractivity contribution in [1.29, 1.82) is 0 Å². The van der Waals surface area contributed by atoms with Gasteiger partial charge in [0.05, 0.1) is 16.6 Å². The van der Waals surface area contributed by atoms with Gasteiger partial charge in [-0.1, -0.05) is 41.4 Å². The van der Waals surface area contributed by atoms with Crippen LogP contribution in [0.15, 0.2) is 42.5 Å². The van der Waals surface area contributed by atoms with Crippen molar-refractivity contribution in [2.45, 2.75) is 0 Å². The summed E-state index contributed by atoms with van der Waals surface area (Å²) in [6, 6.07) is 11.3. The molecule has 0 saturated heterocycles. The number of phenolic OH excluding ortho intramolecular Hbond substituents is 1. The van der Waals surface area contributed by atoms with E-state index in [0.29, 0.717) is 11.3 Å². The van der Waals surface area contributed by atoms with Crippen LogP contribution >= 0.6 is 23.2 Å². The summed E-state index contributed by atoms with van der Waals surface area (Å²) in [6.45, 7) is -0.205. The Morgan fingerprint density at radius 1 is 1.05 bits per heavy atom. The van der Waals surface area contributed by atoms with Gasteiger partial charge in [-0.3, -0.25) is 9.59 Å². The number of phenols is 1. The summed E-state index contributed by atoms with van der Waals surface area (Å²) < 4.78 is 0. The molecule has 0 aliphatic heterocycles. The van der Waals surface area contributed by atoms with Gasteiger partial charge in [0.2, 0.25) is 5.91 Å². The number of benzene rings is 2. The second-order valence-electron chi connectivity index (χ2n) is 4.39. The molecular formula is C15H12Cl2N2O3. The number of carbonyl (C=O) groups is 2. The van der Waals surface area contributed by atoms with Crippen LogP contribution in [0.4, 0.5) is 5.69 Å². The fraction of sp³-hybridized carbons (Fsp3) is 0.0667. The molecule has 0 heterocycles. The van der Waals surface area contributed by atoms with Crippen molar-refractivity contribution in [1.82, 2.24) is 5.32 Å². The molecule has 114 valence electrons. The van der Waals surface area contributed by atoms with Crippen molar-refractivity contribution >= 4 is 40.7 Å². The van der Waals surface area contributed by atoms with E-state index in [1.807, 2.05) is 0 Å². The van der Waals surface area contributed by atoms with Crippen molar-refractivity contribution in [2.75, 3.05) is 11.9 Å². The lowest BCUT2D eigenvalue weighted by molar-refractivity contribution is -0.115. The number of carbonyl (C=O) groups excluding carboxylic acids is 2. The summed E-state index contributed by atoms with van der Waals surface area (Å²) in [5.74, 6) is -1.04. The summed E-state index contributed by atoms with van der Waals surface area (Å²) in [7, 11) is 0. The number of halogens is 2. The largest absolute Gasteiger partial charge is 0.505 e. The Kier molecular flexibility index (Phi) is 5.25. The highest BCUT2D eigenvalue weighted by Gasteiger charge is 2.10. The molecule has 0 aliphatic rings. The Morgan fingerprint density at radius 2 is 1.64 bits per heavy atom. The van der Waals surface area contributed by atoms with Gasteiger partial charge >= 0.3 is 0 Å². The maximum Gasteiger partial charge on any atom is 0.251 e. The zero-order valence-corrected chi connectivity index (χ0v) is 12.8. The van der Waals surface area contributed by atoms with Crippen molar-refractivity contribution in [2.24, 2.45) is 0 Å². The lowest BCUT2D eigenvalue weighted by atomic mass is 10.2. The quantitative estimate of drug-likeness (QED) is 0.749. The van der Waals surface area contributed by atoms with Gasteiger partial charge < -0.3 is 15.7 Å². The standard InChI is InChI=1S/C15H12Cl2N2O3/c16-11-6-10(7-12(17)14(11)21)19-13(20)8-18-15(22)9-4-2-1-3-5-9/h1-7,21H,8H2,(H,18,22)(H,19,20). The Hall–Kier alpha value is -2.24. The number of hydrogen-bond acceptors (Lipinski definition) is 3. The van der Waals surface area contributed by atoms with Crippen LogP contribution in [0.25, 0.3) is 0 Å². The van der Waals surface area contributed by atoms with E-state index in [2.05, 4.69) is 10.6 Å². The molecule has 0 bridgehead atoms. The second-order valence-corrected chi connectivity index (χ2v) is 5.20. The monoisotopic (exact) mass is 338 g/mol.